The Labute approximate surface area is 114 Å². The van der Waals surface area contributed by atoms with Crippen LogP contribution in [0.5, 0.6) is 0 Å². The Morgan fingerprint density at radius 3 is 2.47 bits per heavy atom. The molecule has 2 rings (SSSR count). The molecule has 1 aliphatic rings. The van der Waals surface area contributed by atoms with Gasteiger partial charge in [0, 0.05) is 18.5 Å². The van der Waals surface area contributed by atoms with Gasteiger partial charge in [-0.2, -0.15) is 5.26 Å². The fourth-order valence-corrected chi connectivity index (χ4v) is 2.39. The number of amides is 1. The molecule has 0 radical (unpaired) electrons. The van der Waals surface area contributed by atoms with Gasteiger partial charge in [0.25, 0.3) is 0 Å². The van der Waals surface area contributed by atoms with Crippen molar-refractivity contribution in [3.63, 3.8) is 0 Å². The Balaban J connectivity index is 1.90. The van der Waals surface area contributed by atoms with E-state index >= 15 is 0 Å². The van der Waals surface area contributed by atoms with E-state index in [4.69, 9.17) is 5.26 Å². The number of benzene rings is 1. The van der Waals surface area contributed by atoms with Crippen LogP contribution in [-0.4, -0.2) is 22.9 Å². The zero-order valence-electron chi connectivity index (χ0n) is 11.6. The molecule has 3 heteroatoms. The van der Waals surface area contributed by atoms with Gasteiger partial charge in [0.2, 0.25) is 5.91 Å². The van der Waals surface area contributed by atoms with Crippen molar-refractivity contribution in [3.8, 4) is 6.07 Å². The molecule has 0 spiro atoms. The Morgan fingerprint density at radius 1 is 1.37 bits per heavy atom. The number of carbonyl (C=O) groups excluding carboxylic acids is 1. The molecule has 0 aromatic heterocycles. The standard InChI is InChI=1S/C16H20N2O/c1-12(2)18(15-8-9-15)16(19)10-7-13-3-5-14(11-17)6-4-13/h3-6,12,15H,7-10H2,1-2H3. The molecule has 100 valence electrons. The van der Waals surface area contributed by atoms with E-state index in [2.05, 4.69) is 19.9 Å². The summed E-state index contributed by atoms with van der Waals surface area (Å²) in [7, 11) is 0. The lowest BCUT2D eigenvalue weighted by molar-refractivity contribution is -0.133. The highest BCUT2D eigenvalue weighted by atomic mass is 16.2. The molecule has 0 atom stereocenters. The number of aryl methyl sites for hydroxylation is 1. The van der Waals surface area contributed by atoms with Crippen LogP contribution in [0.4, 0.5) is 0 Å². The first-order valence-corrected chi connectivity index (χ1v) is 6.92. The molecule has 0 aliphatic heterocycles. The van der Waals surface area contributed by atoms with Crippen LogP contribution < -0.4 is 0 Å². The molecule has 1 aromatic rings. The molecule has 1 aliphatic carbocycles. The van der Waals surface area contributed by atoms with Crippen LogP contribution in [0.3, 0.4) is 0 Å². The van der Waals surface area contributed by atoms with Crippen molar-refractivity contribution in [1.82, 2.24) is 4.90 Å². The molecule has 0 saturated heterocycles. The van der Waals surface area contributed by atoms with Crippen LogP contribution in [-0.2, 0) is 11.2 Å². The molecule has 1 fully saturated rings. The highest BCUT2D eigenvalue weighted by molar-refractivity contribution is 5.77. The minimum Gasteiger partial charge on any atom is -0.337 e. The second kappa shape index (κ2) is 5.88. The first kappa shape index (κ1) is 13.6. The van der Waals surface area contributed by atoms with Crippen LogP contribution >= 0.6 is 0 Å². The monoisotopic (exact) mass is 256 g/mol. The number of hydrogen-bond donors (Lipinski definition) is 0. The van der Waals surface area contributed by atoms with E-state index < -0.39 is 0 Å². The number of hydrogen-bond acceptors (Lipinski definition) is 2. The number of nitriles is 1. The molecule has 0 heterocycles. The van der Waals surface area contributed by atoms with Gasteiger partial charge in [-0.25, -0.2) is 0 Å². The van der Waals surface area contributed by atoms with Crippen LogP contribution in [0.15, 0.2) is 24.3 Å². The van der Waals surface area contributed by atoms with Gasteiger partial charge in [-0.1, -0.05) is 12.1 Å². The fourth-order valence-electron chi connectivity index (χ4n) is 2.39. The first-order valence-electron chi connectivity index (χ1n) is 6.92. The van der Waals surface area contributed by atoms with Crippen LogP contribution in [0, 0.1) is 11.3 Å². The van der Waals surface area contributed by atoms with Gasteiger partial charge in [0.05, 0.1) is 11.6 Å². The molecule has 1 saturated carbocycles. The summed E-state index contributed by atoms with van der Waals surface area (Å²) in [6.07, 6.45) is 3.61. The smallest absolute Gasteiger partial charge is 0.223 e. The molecule has 1 amide bonds. The van der Waals surface area contributed by atoms with E-state index in [-0.39, 0.29) is 5.91 Å². The van der Waals surface area contributed by atoms with Crippen LogP contribution in [0.25, 0.3) is 0 Å². The van der Waals surface area contributed by atoms with Gasteiger partial charge in [-0.3, -0.25) is 4.79 Å². The van der Waals surface area contributed by atoms with E-state index in [9.17, 15) is 4.79 Å². The molecular weight excluding hydrogens is 236 g/mol. The highest BCUT2D eigenvalue weighted by Gasteiger charge is 2.33. The van der Waals surface area contributed by atoms with Crippen LogP contribution in [0.2, 0.25) is 0 Å². The number of rotatable bonds is 5. The Hall–Kier alpha value is -1.82. The molecule has 0 N–H and O–H groups in total. The summed E-state index contributed by atoms with van der Waals surface area (Å²) in [4.78, 5) is 14.3. The van der Waals surface area contributed by atoms with E-state index in [1.54, 1.807) is 12.1 Å². The molecule has 1 aromatic carbocycles. The zero-order valence-corrected chi connectivity index (χ0v) is 11.6. The predicted molar refractivity (Wildman–Crippen MR) is 74.5 cm³/mol. The van der Waals surface area contributed by atoms with E-state index in [1.165, 1.54) is 0 Å². The average molecular weight is 256 g/mol. The predicted octanol–water partition coefficient (Wildman–Crippen LogP) is 2.89. The van der Waals surface area contributed by atoms with Crippen molar-refractivity contribution in [3.05, 3.63) is 35.4 Å². The van der Waals surface area contributed by atoms with Crippen molar-refractivity contribution in [2.75, 3.05) is 0 Å². The van der Waals surface area contributed by atoms with E-state index in [0.29, 0.717) is 24.1 Å². The first-order chi connectivity index (χ1) is 9.11. The summed E-state index contributed by atoms with van der Waals surface area (Å²) < 4.78 is 0. The largest absolute Gasteiger partial charge is 0.337 e. The van der Waals surface area contributed by atoms with Gasteiger partial charge in [0.1, 0.15) is 0 Å². The summed E-state index contributed by atoms with van der Waals surface area (Å²) in [6.45, 7) is 4.16. The maximum Gasteiger partial charge on any atom is 0.223 e. The molecular formula is C16H20N2O. The Morgan fingerprint density at radius 2 is 2.00 bits per heavy atom. The Kier molecular flexibility index (Phi) is 4.21. The third kappa shape index (κ3) is 3.57. The number of carbonyl (C=O) groups is 1. The Bertz CT molecular complexity index is 478. The summed E-state index contributed by atoms with van der Waals surface area (Å²) in [5, 5.41) is 8.74. The minimum absolute atomic E-state index is 0.252. The molecule has 3 nitrogen and oxygen atoms in total. The second-order valence-electron chi connectivity index (χ2n) is 5.43. The van der Waals surface area contributed by atoms with Crippen molar-refractivity contribution in [2.45, 2.75) is 51.6 Å². The van der Waals surface area contributed by atoms with Crippen LogP contribution in [0.1, 0.15) is 44.2 Å². The van der Waals surface area contributed by atoms with E-state index in [1.807, 2.05) is 17.0 Å². The summed E-state index contributed by atoms with van der Waals surface area (Å²) in [5.41, 5.74) is 1.78. The minimum atomic E-state index is 0.252. The average Bonchev–Trinajstić information content (AvgIpc) is 3.21. The lowest BCUT2D eigenvalue weighted by Crippen LogP contribution is -2.38. The van der Waals surface area contributed by atoms with Crippen molar-refractivity contribution in [2.24, 2.45) is 0 Å². The SMILES string of the molecule is CC(C)N(C(=O)CCc1ccc(C#N)cc1)C1CC1. The van der Waals surface area contributed by atoms with Gasteiger partial charge in [-0.15, -0.1) is 0 Å². The zero-order chi connectivity index (χ0) is 13.8. The topological polar surface area (TPSA) is 44.1 Å². The normalized spacial score (nSPS) is 14.2. The van der Waals surface area contributed by atoms with E-state index in [0.717, 1.165) is 24.8 Å². The maximum atomic E-state index is 12.2. The summed E-state index contributed by atoms with van der Waals surface area (Å²) in [6, 6.07) is 10.4. The quantitative estimate of drug-likeness (QED) is 0.813. The van der Waals surface area contributed by atoms with Crippen molar-refractivity contribution >= 4 is 5.91 Å². The van der Waals surface area contributed by atoms with Gasteiger partial charge in [-0.05, 0) is 50.8 Å². The lowest BCUT2D eigenvalue weighted by atomic mass is 10.1. The number of nitrogens with zero attached hydrogens (tertiary/aromatic N) is 2. The van der Waals surface area contributed by atoms with Gasteiger partial charge < -0.3 is 4.90 Å². The van der Waals surface area contributed by atoms with Crippen molar-refractivity contribution < 1.29 is 4.79 Å². The van der Waals surface area contributed by atoms with Gasteiger partial charge in [0.15, 0.2) is 0 Å². The summed E-state index contributed by atoms with van der Waals surface area (Å²) >= 11 is 0. The second-order valence-corrected chi connectivity index (χ2v) is 5.43. The van der Waals surface area contributed by atoms with Crippen molar-refractivity contribution in [1.29, 1.82) is 5.26 Å². The highest BCUT2D eigenvalue weighted by Crippen LogP contribution is 2.29. The molecule has 0 unspecified atom stereocenters. The van der Waals surface area contributed by atoms with Gasteiger partial charge >= 0.3 is 0 Å². The third-order valence-corrected chi connectivity index (χ3v) is 3.50. The third-order valence-electron chi connectivity index (χ3n) is 3.50. The molecule has 19 heavy (non-hydrogen) atoms. The molecule has 0 bridgehead atoms. The lowest BCUT2D eigenvalue weighted by Gasteiger charge is -2.26. The maximum absolute atomic E-state index is 12.2. The fraction of sp³-hybridized carbons (Fsp3) is 0.500. The summed E-state index contributed by atoms with van der Waals surface area (Å²) in [5.74, 6) is 0.252.